The highest BCUT2D eigenvalue weighted by atomic mass is 16.5. The van der Waals surface area contributed by atoms with Gasteiger partial charge in [0.05, 0.1) is 11.8 Å². The highest BCUT2D eigenvalue weighted by Crippen LogP contribution is 2.30. The lowest BCUT2D eigenvalue weighted by atomic mass is 9.98. The van der Waals surface area contributed by atoms with Crippen molar-refractivity contribution in [1.29, 1.82) is 0 Å². The van der Waals surface area contributed by atoms with Gasteiger partial charge in [0, 0.05) is 25.0 Å². The van der Waals surface area contributed by atoms with Gasteiger partial charge in [-0.3, -0.25) is 4.98 Å². The molecular weight excluding hydrogens is 436 g/mol. The summed E-state index contributed by atoms with van der Waals surface area (Å²) in [6.07, 6.45) is 5.18. The molecule has 2 heterocycles. The lowest BCUT2D eigenvalue weighted by molar-refractivity contribution is 0.0696. The van der Waals surface area contributed by atoms with Crippen LogP contribution < -0.4 is 9.64 Å². The zero-order valence-electron chi connectivity index (χ0n) is 19.8. The number of hydrogen-bond acceptors (Lipinski definition) is 4. The Balaban J connectivity index is 1.26. The molecule has 0 amide bonds. The second-order valence-corrected chi connectivity index (χ2v) is 9.06. The summed E-state index contributed by atoms with van der Waals surface area (Å²) in [7, 11) is 0. The first-order valence-corrected chi connectivity index (χ1v) is 11.9. The molecule has 5 nitrogen and oxygen atoms in total. The van der Waals surface area contributed by atoms with E-state index in [1.165, 1.54) is 52.8 Å². The number of aryl methyl sites for hydroxylation is 2. The van der Waals surface area contributed by atoms with Gasteiger partial charge in [-0.25, -0.2) is 4.79 Å². The van der Waals surface area contributed by atoms with Crippen LogP contribution in [0.4, 0.5) is 5.69 Å². The molecule has 0 unspecified atom stereocenters. The number of fused-ring (bicyclic) bond motifs is 1. The minimum atomic E-state index is -1.02. The largest absolute Gasteiger partial charge is 0.487 e. The third kappa shape index (κ3) is 5.35. The van der Waals surface area contributed by atoms with Crippen LogP contribution in [0.15, 0.2) is 85.2 Å². The van der Waals surface area contributed by atoms with Gasteiger partial charge in [-0.05, 0) is 65.8 Å². The van der Waals surface area contributed by atoms with Crippen molar-refractivity contribution in [3.05, 3.63) is 113 Å². The summed E-state index contributed by atoms with van der Waals surface area (Å²) in [5.41, 5.74) is 8.90. The number of carboxylic acids is 1. The van der Waals surface area contributed by atoms with E-state index in [4.69, 9.17) is 9.84 Å². The zero-order chi connectivity index (χ0) is 24.2. The SMILES string of the molecule is Cc1ccc2c(c1)CCCN2Cc1cccc(-c2ccc(COc3cncc(C(=O)O)c3)cc2)c1. The molecule has 176 valence electrons. The Kier molecular flexibility index (Phi) is 6.49. The van der Waals surface area contributed by atoms with Gasteiger partial charge in [0.25, 0.3) is 0 Å². The van der Waals surface area contributed by atoms with E-state index in [1.54, 1.807) is 0 Å². The topological polar surface area (TPSA) is 62.7 Å². The van der Waals surface area contributed by atoms with Crippen LogP contribution >= 0.6 is 0 Å². The molecule has 0 aliphatic carbocycles. The van der Waals surface area contributed by atoms with Crippen LogP contribution in [0.25, 0.3) is 11.1 Å². The van der Waals surface area contributed by atoms with Crippen molar-refractivity contribution in [3.63, 3.8) is 0 Å². The smallest absolute Gasteiger partial charge is 0.337 e. The van der Waals surface area contributed by atoms with Crippen LogP contribution in [-0.2, 0) is 19.6 Å². The number of aromatic nitrogens is 1. The molecule has 1 aliphatic rings. The average molecular weight is 465 g/mol. The maximum atomic E-state index is 11.1. The predicted molar refractivity (Wildman–Crippen MR) is 138 cm³/mol. The third-order valence-electron chi connectivity index (χ3n) is 6.40. The highest BCUT2D eigenvalue weighted by molar-refractivity contribution is 5.87. The molecule has 0 saturated heterocycles. The van der Waals surface area contributed by atoms with Crippen molar-refractivity contribution in [3.8, 4) is 16.9 Å². The molecule has 1 aromatic heterocycles. The molecule has 1 aliphatic heterocycles. The Morgan fingerprint density at radius 2 is 1.83 bits per heavy atom. The van der Waals surface area contributed by atoms with Crippen molar-refractivity contribution in [2.75, 3.05) is 11.4 Å². The van der Waals surface area contributed by atoms with Gasteiger partial charge >= 0.3 is 5.97 Å². The first-order chi connectivity index (χ1) is 17.0. The van der Waals surface area contributed by atoms with Crippen LogP contribution in [0.5, 0.6) is 5.75 Å². The number of carboxylic acid groups (broad SMARTS) is 1. The fourth-order valence-electron chi connectivity index (χ4n) is 4.61. The van der Waals surface area contributed by atoms with Crippen LogP contribution in [0, 0.1) is 6.92 Å². The van der Waals surface area contributed by atoms with Gasteiger partial charge < -0.3 is 14.7 Å². The second-order valence-electron chi connectivity index (χ2n) is 9.06. The Bertz CT molecular complexity index is 1350. The molecule has 0 saturated carbocycles. The highest BCUT2D eigenvalue weighted by Gasteiger charge is 2.17. The van der Waals surface area contributed by atoms with Gasteiger partial charge in [-0.1, -0.05) is 60.2 Å². The van der Waals surface area contributed by atoms with Gasteiger partial charge in [0.2, 0.25) is 0 Å². The fraction of sp³-hybridized carbons (Fsp3) is 0.200. The van der Waals surface area contributed by atoms with Gasteiger partial charge in [0.1, 0.15) is 12.4 Å². The number of benzene rings is 3. The minimum Gasteiger partial charge on any atom is -0.487 e. The van der Waals surface area contributed by atoms with E-state index >= 15 is 0 Å². The van der Waals surface area contributed by atoms with Gasteiger partial charge in [-0.2, -0.15) is 0 Å². The summed E-state index contributed by atoms with van der Waals surface area (Å²) >= 11 is 0. The van der Waals surface area contributed by atoms with Crippen molar-refractivity contribution in [2.45, 2.75) is 32.9 Å². The first kappa shape index (κ1) is 22.7. The monoisotopic (exact) mass is 464 g/mol. The molecule has 0 bridgehead atoms. The molecular formula is C30H28N2O3. The summed E-state index contributed by atoms with van der Waals surface area (Å²) in [5.74, 6) is -0.578. The van der Waals surface area contributed by atoms with E-state index in [-0.39, 0.29) is 5.56 Å². The van der Waals surface area contributed by atoms with Crippen molar-refractivity contribution < 1.29 is 14.6 Å². The number of ether oxygens (including phenoxy) is 1. The molecule has 35 heavy (non-hydrogen) atoms. The summed E-state index contributed by atoms with van der Waals surface area (Å²) in [6.45, 7) is 4.49. The van der Waals surface area contributed by atoms with E-state index in [9.17, 15) is 4.79 Å². The van der Waals surface area contributed by atoms with E-state index in [0.29, 0.717) is 12.4 Å². The van der Waals surface area contributed by atoms with Gasteiger partial charge in [0.15, 0.2) is 0 Å². The van der Waals surface area contributed by atoms with Crippen molar-refractivity contribution >= 4 is 11.7 Å². The van der Waals surface area contributed by atoms with Crippen LogP contribution in [0.3, 0.4) is 0 Å². The molecule has 0 fully saturated rings. The van der Waals surface area contributed by atoms with E-state index in [2.05, 4.69) is 71.4 Å². The number of rotatable bonds is 7. The second kappa shape index (κ2) is 10.0. The molecule has 5 rings (SSSR count). The Morgan fingerprint density at radius 1 is 0.971 bits per heavy atom. The van der Waals surface area contributed by atoms with Crippen LogP contribution in [0.2, 0.25) is 0 Å². The standard InChI is InChI=1S/C30H28N2O3/c1-21-7-12-29-26(14-21)6-3-13-32(29)19-23-4-2-5-25(15-23)24-10-8-22(9-11-24)20-35-28-16-27(30(33)34)17-31-18-28/h2,4-5,7-12,14-18H,3,6,13,19-20H2,1H3,(H,33,34). The number of anilines is 1. The predicted octanol–water partition coefficient (Wildman–Crippen LogP) is 6.29. The lowest BCUT2D eigenvalue weighted by Gasteiger charge is -2.31. The van der Waals surface area contributed by atoms with E-state index in [0.717, 1.165) is 30.6 Å². The Hall–Kier alpha value is -4.12. The number of hydrogen-bond donors (Lipinski definition) is 1. The van der Waals surface area contributed by atoms with Crippen molar-refractivity contribution in [2.24, 2.45) is 0 Å². The summed E-state index contributed by atoms with van der Waals surface area (Å²) in [5, 5.41) is 9.10. The van der Waals surface area contributed by atoms with Crippen LogP contribution in [0.1, 0.15) is 39.0 Å². The molecule has 1 N–H and O–H groups in total. The molecule has 0 atom stereocenters. The normalized spacial score (nSPS) is 12.8. The number of pyridine rings is 1. The van der Waals surface area contributed by atoms with Gasteiger partial charge in [-0.15, -0.1) is 0 Å². The quantitative estimate of drug-likeness (QED) is 0.348. The molecule has 0 radical (unpaired) electrons. The lowest BCUT2D eigenvalue weighted by Crippen LogP contribution is -2.28. The molecule has 4 aromatic rings. The summed E-state index contributed by atoms with van der Waals surface area (Å²) in [4.78, 5) is 17.5. The number of aromatic carboxylic acids is 1. The van der Waals surface area contributed by atoms with Crippen LogP contribution in [-0.4, -0.2) is 22.6 Å². The van der Waals surface area contributed by atoms with E-state index in [1.807, 2.05) is 12.1 Å². The number of carbonyl (C=O) groups is 1. The maximum Gasteiger partial charge on any atom is 0.337 e. The fourth-order valence-corrected chi connectivity index (χ4v) is 4.61. The Labute approximate surface area is 205 Å². The zero-order valence-corrected chi connectivity index (χ0v) is 19.8. The summed E-state index contributed by atoms with van der Waals surface area (Å²) < 4.78 is 5.74. The maximum absolute atomic E-state index is 11.1. The average Bonchev–Trinajstić information content (AvgIpc) is 2.88. The molecule has 5 heteroatoms. The summed E-state index contributed by atoms with van der Waals surface area (Å²) in [6, 6.07) is 25.3. The molecule has 3 aromatic carbocycles. The van der Waals surface area contributed by atoms with E-state index < -0.39 is 5.97 Å². The third-order valence-corrected chi connectivity index (χ3v) is 6.40. The minimum absolute atomic E-state index is 0.112. The van der Waals surface area contributed by atoms with Crippen molar-refractivity contribution in [1.82, 2.24) is 4.98 Å². The molecule has 0 spiro atoms. The number of nitrogens with zero attached hydrogens (tertiary/aromatic N) is 2. The first-order valence-electron chi connectivity index (χ1n) is 11.9. The Morgan fingerprint density at radius 3 is 2.66 bits per heavy atom.